The Kier molecular flexibility index (Phi) is 25.3. The van der Waals surface area contributed by atoms with Crippen LogP contribution in [0.3, 0.4) is 0 Å². The highest BCUT2D eigenvalue weighted by atomic mass is 32.1. The van der Waals surface area contributed by atoms with E-state index in [0.29, 0.717) is 0 Å². The summed E-state index contributed by atoms with van der Waals surface area (Å²) in [6, 6.07) is 135. The number of hydrogen-bond donors (Lipinski definition) is 0. The van der Waals surface area contributed by atoms with Crippen molar-refractivity contribution in [3.05, 3.63) is 433 Å². The van der Waals surface area contributed by atoms with Gasteiger partial charge in [-0.05, 0) is 167 Å². The zero-order valence-corrected chi connectivity index (χ0v) is 60.6. The van der Waals surface area contributed by atoms with E-state index >= 15 is 0 Å². The molecule has 0 unspecified atom stereocenters. The number of rotatable bonds is 4. The summed E-state index contributed by atoms with van der Waals surface area (Å²) >= 11 is 1.89. The van der Waals surface area contributed by atoms with Gasteiger partial charge in [-0.1, -0.05) is 387 Å². The highest BCUT2D eigenvalue weighted by Crippen LogP contribution is 2.36. The van der Waals surface area contributed by atoms with Crippen LogP contribution in [0.4, 0.5) is 0 Å². The van der Waals surface area contributed by atoms with Crippen LogP contribution in [0.25, 0.3) is 108 Å². The van der Waals surface area contributed by atoms with Crippen LogP contribution >= 0.6 is 11.3 Å². The first kappa shape index (κ1) is 71.3. The molecule has 0 aliphatic carbocycles. The molecule has 16 aromatic carbocycles. The Labute approximate surface area is 608 Å². The van der Waals surface area contributed by atoms with E-state index in [1.807, 2.05) is 59.9 Å². The Morgan fingerprint density at radius 1 is 0.206 bits per heavy atom. The second-order valence-electron chi connectivity index (χ2n) is 25.6. The molecule has 2 heterocycles. The quantitative estimate of drug-likeness (QED) is 0.171. The topological polar surface area (TPSA) is 13.1 Å². The Balaban J connectivity index is 0.000000118. The number of hydrogen-bond acceptors (Lipinski definition) is 2. The average Bonchev–Trinajstić information content (AvgIpc) is 1.64. The Morgan fingerprint density at radius 2 is 0.618 bits per heavy atom. The normalized spacial score (nSPS) is 10.4. The van der Waals surface area contributed by atoms with Crippen LogP contribution in [0.2, 0.25) is 0 Å². The van der Waals surface area contributed by atoms with E-state index in [9.17, 15) is 0 Å². The van der Waals surface area contributed by atoms with Gasteiger partial charge in [-0.2, -0.15) is 0 Å². The molecule has 18 aromatic rings. The second kappa shape index (κ2) is 36.2. The monoisotopic (exact) mass is 1340 g/mol. The lowest BCUT2D eigenvalue weighted by Gasteiger charge is -2.08. The standard InChI is InChI=1S/C19H16.C13H10O.C13H10S.2C13H12.2C11H10.C7H8/c1-15-12-18(16-8-4-2-5-9-16)14-19(13-15)17-10-6-3-7-11-17;2*1-9-5-4-7-11-10-6-2-3-8-12(10)14-13(9)11;1-11-7-5-6-10-13(11)12-8-3-2-4-9-12;1-11-6-5-9-13(10-11)12-7-3-2-4-8-12;1-9-5-4-7-10-6-2-3-8-11(9)10;1-9-6-7-10-4-2-3-5-11(10)8-9;1-7-5-3-2-4-6-7/h2-14H,1H3;2*2-8H,1H3;2*2-10H,1H3;2*2-8H,1H3;2-6H,1H3. The van der Waals surface area contributed by atoms with Crippen molar-refractivity contribution in [2.45, 2.75) is 55.4 Å². The minimum absolute atomic E-state index is 0.969. The van der Waals surface area contributed by atoms with Crippen molar-refractivity contribution in [2.24, 2.45) is 0 Å². The van der Waals surface area contributed by atoms with E-state index in [-0.39, 0.29) is 0 Å². The lowest BCUT2D eigenvalue weighted by atomic mass is 9.97. The van der Waals surface area contributed by atoms with Gasteiger partial charge in [0, 0.05) is 30.9 Å². The molecule has 0 spiro atoms. The molecule has 1 nitrogen and oxygen atoms in total. The van der Waals surface area contributed by atoms with Gasteiger partial charge in [-0.25, -0.2) is 0 Å². The molecule has 0 bridgehead atoms. The molecule has 102 heavy (non-hydrogen) atoms. The molecule has 0 aliphatic rings. The van der Waals surface area contributed by atoms with E-state index in [4.69, 9.17) is 4.42 Å². The molecule has 2 heteroatoms. The van der Waals surface area contributed by atoms with E-state index < -0.39 is 0 Å². The largest absolute Gasteiger partial charge is 0.456 e. The number of para-hydroxylation sites is 2. The van der Waals surface area contributed by atoms with E-state index in [2.05, 4.69) is 395 Å². The molecule has 18 rings (SSSR count). The molecule has 2 aromatic heterocycles. The molecular weight excluding hydrogens is 1250 g/mol. The smallest absolute Gasteiger partial charge is 0.138 e. The van der Waals surface area contributed by atoms with Crippen LogP contribution in [-0.4, -0.2) is 0 Å². The molecule has 0 N–H and O–H groups in total. The van der Waals surface area contributed by atoms with E-state index in [0.717, 1.165) is 11.2 Å². The first-order valence-corrected chi connectivity index (χ1v) is 35.8. The van der Waals surface area contributed by atoms with Gasteiger partial charge >= 0.3 is 0 Å². The predicted molar refractivity (Wildman–Crippen MR) is 446 cm³/mol. The van der Waals surface area contributed by atoms with Gasteiger partial charge in [0.2, 0.25) is 0 Å². The summed E-state index contributed by atoms with van der Waals surface area (Å²) in [7, 11) is 0. The van der Waals surface area contributed by atoms with Crippen molar-refractivity contribution in [1.82, 2.24) is 0 Å². The third kappa shape index (κ3) is 19.7. The third-order valence-electron chi connectivity index (χ3n) is 17.7. The van der Waals surface area contributed by atoms with Crippen molar-refractivity contribution in [1.29, 1.82) is 0 Å². The van der Waals surface area contributed by atoms with E-state index in [1.165, 1.54) is 142 Å². The van der Waals surface area contributed by atoms with Crippen LogP contribution in [-0.2, 0) is 0 Å². The van der Waals surface area contributed by atoms with Crippen LogP contribution in [0.15, 0.2) is 393 Å². The summed E-state index contributed by atoms with van der Waals surface area (Å²) in [5.41, 5.74) is 22.7. The van der Waals surface area contributed by atoms with Gasteiger partial charge in [-0.3, -0.25) is 0 Å². The maximum Gasteiger partial charge on any atom is 0.138 e. The SMILES string of the molecule is Cc1cc(-c2ccccc2)cc(-c2ccccc2)c1.Cc1ccc2ccccc2c1.Cc1cccc(-c2ccccc2)c1.Cc1cccc2c1oc1ccccc12.Cc1cccc2c1sc1ccccc12.Cc1cccc2ccccc12.Cc1ccccc1.Cc1ccccc1-c1ccccc1. The Bertz CT molecular complexity index is 5410. The van der Waals surface area contributed by atoms with Crippen molar-refractivity contribution >= 4 is 75.0 Å². The van der Waals surface area contributed by atoms with Gasteiger partial charge in [0.15, 0.2) is 0 Å². The fourth-order valence-corrected chi connectivity index (χ4v) is 13.5. The highest BCUT2D eigenvalue weighted by Gasteiger charge is 2.09. The first-order valence-electron chi connectivity index (χ1n) is 35.0. The molecule has 500 valence electrons. The Hall–Kier alpha value is -11.9. The lowest BCUT2D eigenvalue weighted by molar-refractivity contribution is 0.666. The van der Waals surface area contributed by atoms with Crippen LogP contribution < -0.4 is 0 Å². The summed E-state index contributed by atoms with van der Waals surface area (Å²) in [6.07, 6.45) is 0. The number of benzene rings is 16. The zero-order valence-electron chi connectivity index (χ0n) is 59.8. The number of fused-ring (bicyclic) bond motifs is 8. The molecule has 0 atom stereocenters. The molecule has 0 saturated carbocycles. The first-order chi connectivity index (χ1) is 49.9. The van der Waals surface area contributed by atoms with Crippen molar-refractivity contribution in [2.75, 3.05) is 0 Å². The van der Waals surface area contributed by atoms with Crippen molar-refractivity contribution in [3.63, 3.8) is 0 Å². The second-order valence-corrected chi connectivity index (χ2v) is 26.7. The van der Waals surface area contributed by atoms with Crippen LogP contribution in [0.5, 0.6) is 0 Å². The van der Waals surface area contributed by atoms with Gasteiger partial charge < -0.3 is 4.42 Å². The van der Waals surface area contributed by atoms with Crippen molar-refractivity contribution in [3.8, 4) is 44.5 Å². The maximum atomic E-state index is 5.78. The number of thiophene rings is 1. The van der Waals surface area contributed by atoms with Gasteiger partial charge in [0.05, 0.1) is 0 Å². The van der Waals surface area contributed by atoms with Crippen LogP contribution in [0.1, 0.15) is 44.5 Å². The molecule has 0 saturated heterocycles. The molecular formula is C100H88OS. The molecule has 0 radical (unpaired) electrons. The van der Waals surface area contributed by atoms with Crippen LogP contribution in [0, 0.1) is 55.4 Å². The molecule has 0 fully saturated rings. The minimum Gasteiger partial charge on any atom is -0.456 e. The molecule has 0 amide bonds. The summed E-state index contributed by atoms with van der Waals surface area (Å²) in [5.74, 6) is 0. The van der Waals surface area contributed by atoms with Gasteiger partial charge in [0.25, 0.3) is 0 Å². The summed E-state index contributed by atoms with van der Waals surface area (Å²) in [4.78, 5) is 0. The van der Waals surface area contributed by atoms with Gasteiger partial charge in [-0.15, -0.1) is 11.3 Å². The number of furan rings is 1. The summed E-state index contributed by atoms with van der Waals surface area (Å²) < 4.78 is 8.59. The summed E-state index contributed by atoms with van der Waals surface area (Å²) in [5, 5.41) is 10.5. The fraction of sp³-hybridized carbons (Fsp3) is 0.0800. The summed E-state index contributed by atoms with van der Waals surface area (Å²) in [6.45, 7) is 17.0. The Morgan fingerprint density at radius 3 is 1.23 bits per heavy atom. The van der Waals surface area contributed by atoms with Gasteiger partial charge in [0.1, 0.15) is 11.2 Å². The van der Waals surface area contributed by atoms with Crippen molar-refractivity contribution < 1.29 is 4.42 Å². The maximum absolute atomic E-state index is 5.78. The minimum atomic E-state index is 0.969. The predicted octanol–water partition coefficient (Wildman–Crippen LogP) is 29.2. The lowest BCUT2D eigenvalue weighted by Crippen LogP contribution is -1.84. The molecule has 0 aliphatic heterocycles. The highest BCUT2D eigenvalue weighted by molar-refractivity contribution is 7.26. The fourth-order valence-electron chi connectivity index (χ4n) is 12.4. The zero-order chi connectivity index (χ0) is 70.8. The van der Waals surface area contributed by atoms with E-state index in [1.54, 1.807) is 0 Å². The number of aryl methyl sites for hydroxylation is 8. The average molecular weight is 1340 g/mol. The third-order valence-corrected chi connectivity index (χ3v) is 19.0.